The van der Waals surface area contributed by atoms with Gasteiger partial charge in [0.2, 0.25) is 0 Å². The van der Waals surface area contributed by atoms with E-state index in [0.29, 0.717) is 0 Å². The molecule has 140 valence electrons. The minimum absolute atomic E-state index is 0.735. The van der Waals surface area contributed by atoms with Gasteiger partial charge in [0.1, 0.15) is 18.0 Å². The van der Waals surface area contributed by atoms with E-state index < -0.39 is 0 Å². The Hall–Kier alpha value is -2.54. The van der Waals surface area contributed by atoms with Crippen molar-refractivity contribution in [3.8, 4) is 11.5 Å². The fraction of sp³-hybridized carbons (Fsp3) is 0.474. The summed E-state index contributed by atoms with van der Waals surface area (Å²) in [6.07, 6.45) is 3.49. The van der Waals surface area contributed by atoms with Gasteiger partial charge in [-0.15, -0.1) is 0 Å². The minimum Gasteiger partial charge on any atom is -0.493 e. The van der Waals surface area contributed by atoms with Gasteiger partial charge in [-0.25, -0.2) is 9.97 Å². The second-order valence-electron chi connectivity index (χ2n) is 6.18. The van der Waals surface area contributed by atoms with Gasteiger partial charge < -0.3 is 24.4 Å². The lowest BCUT2D eigenvalue weighted by atomic mass is 9.99. The van der Waals surface area contributed by atoms with Gasteiger partial charge in [0.05, 0.1) is 14.2 Å². The van der Waals surface area contributed by atoms with Crippen LogP contribution in [0.1, 0.15) is 17.5 Å². The normalized spacial score (nSPS) is 13.3. The first-order valence-corrected chi connectivity index (χ1v) is 8.78. The van der Waals surface area contributed by atoms with Gasteiger partial charge in [0.25, 0.3) is 0 Å². The third kappa shape index (κ3) is 4.16. The Bertz CT molecular complexity index is 739. The van der Waals surface area contributed by atoms with Crippen LogP contribution in [0, 0.1) is 0 Å². The second kappa shape index (κ2) is 8.71. The summed E-state index contributed by atoms with van der Waals surface area (Å²) >= 11 is 0. The van der Waals surface area contributed by atoms with Crippen LogP contribution in [0.2, 0.25) is 0 Å². The Morgan fingerprint density at radius 2 is 1.81 bits per heavy atom. The molecule has 1 aromatic carbocycles. The van der Waals surface area contributed by atoms with E-state index in [2.05, 4.69) is 32.3 Å². The number of anilines is 2. The quantitative estimate of drug-likeness (QED) is 0.727. The number of ether oxygens (including phenoxy) is 3. The lowest BCUT2D eigenvalue weighted by Gasteiger charge is -2.30. The summed E-state index contributed by atoms with van der Waals surface area (Å²) in [4.78, 5) is 11.0. The highest BCUT2D eigenvalue weighted by Crippen LogP contribution is 2.34. The monoisotopic (exact) mass is 358 g/mol. The van der Waals surface area contributed by atoms with Crippen molar-refractivity contribution in [3.63, 3.8) is 0 Å². The number of methoxy groups -OCH3 is 3. The Kier molecular flexibility index (Phi) is 6.12. The molecule has 1 aliphatic heterocycles. The molecule has 0 amide bonds. The molecule has 2 aromatic rings. The summed E-state index contributed by atoms with van der Waals surface area (Å²) in [7, 11) is 5.04. The summed E-state index contributed by atoms with van der Waals surface area (Å²) in [6.45, 7) is 3.25. The number of nitrogens with one attached hydrogen (secondary N) is 1. The molecular weight excluding hydrogens is 332 g/mol. The number of hydrogen-bond donors (Lipinski definition) is 1. The molecule has 2 heterocycles. The van der Waals surface area contributed by atoms with Crippen LogP contribution in [-0.4, -0.2) is 51.0 Å². The maximum absolute atomic E-state index is 5.44. The largest absolute Gasteiger partial charge is 0.493 e. The molecule has 0 atom stereocenters. The number of aromatic nitrogens is 2. The molecule has 7 heteroatoms. The van der Waals surface area contributed by atoms with Gasteiger partial charge in [-0.05, 0) is 36.1 Å². The van der Waals surface area contributed by atoms with E-state index >= 15 is 0 Å². The van der Waals surface area contributed by atoms with E-state index in [0.717, 1.165) is 62.2 Å². The van der Waals surface area contributed by atoms with Gasteiger partial charge in [-0.3, -0.25) is 0 Å². The van der Waals surface area contributed by atoms with E-state index in [1.807, 2.05) is 6.07 Å². The van der Waals surface area contributed by atoms with Gasteiger partial charge in [-0.2, -0.15) is 0 Å². The summed E-state index contributed by atoms with van der Waals surface area (Å²) in [5.41, 5.74) is 2.54. The number of nitrogens with zero attached hydrogens (tertiary/aromatic N) is 3. The van der Waals surface area contributed by atoms with Crippen LogP contribution in [0.5, 0.6) is 11.5 Å². The van der Waals surface area contributed by atoms with Crippen LogP contribution in [0.25, 0.3) is 0 Å². The van der Waals surface area contributed by atoms with E-state index in [1.165, 1.54) is 11.1 Å². The molecule has 3 rings (SSSR count). The van der Waals surface area contributed by atoms with Crippen LogP contribution in [-0.2, 0) is 17.7 Å². The SMILES string of the molecule is COCCCNc1cc(N2CCc3cc(OC)c(OC)cc3C2)ncn1. The number of benzene rings is 1. The highest BCUT2D eigenvalue weighted by molar-refractivity contribution is 5.54. The maximum atomic E-state index is 5.44. The standard InChI is InChI=1S/C19H26N4O3/c1-24-8-4-6-20-18-11-19(22-13-21-18)23-7-5-14-9-16(25-2)17(26-3)10-15(14)12-23/h9-11,13H,4-8,12H2,1-3H3,(H,20,21,22). The predicted molar refractivity (Wildman–Crippen MR) is 101 cm³/mol. The zero-order valence-corrected chi connectivity index (χ0v) is 15.6. The van der Waals surface area contributed by atoms with Crippen molar-refractivity contribution in [2.45, 2.75) is 19.4 Å². The minimum atomic E-state index is 0.735. The average Bonchev–Trinajstić information content (AvgIpc) is 2.70. The smallest absolute Gasteiger partial charge is 0.161 e. The summed E-state index contributed by atoms with van der Waals surface area (Å²) in [5.74, 6) is 3.31. The Labute approximate surface area is 154 Å². The van der Waals surface area contributed by atoms with Crippen LogP contribution < -0.4 is 19.7 Å². The molecular formula is C19H26N4O3. The third-order valence-electron chi connectivity index (χ3n) is 4.53. The summed E-state index contributed by atoms with van der Waals surface area (Å²) < 4.78 is 15.9. The number of rotatable bonds is 8. The first-order valence-electron chi connectivity index (χ1n) is 8.78. The van der Waals surface area contributed by atoms with Crippen molar-refractivity contribution < 1.29 is 14.2 Å². The highest BCUT2D eigenvalue weighted by Gasteiger charge is 2.20. The van der Waals surface area contributed by atoms with Crippen LogP contribution >= 0.6 is 0 Å². The third-order valence-corrected chi connectivity index (χ3v) is 4.53. The van der Waals surface area contributed by atoms with Crippen molar-refractivity contribution in [3.05, 3.63) is 35.7 Å². The van der Waals surface area contributed by atoms with E-state index in [9.17, 15) is 0 Å². The van der Waals surface area contributed by atoms with Gasteiger partial charge in [0.15, 0.2) is 11.5 Å². The predicted octanol–water partition coefficient (Wildman–Crippen LogP) is 2.50. The molecule has 0 unspecified atom stereocenters. The van der Waals surface area contributed by atoms with Crippen molar-refractivity contribution in [1.82, 2.24) is 9.97 Å². The van der Waals surface area contributed by atoms with Gasteiger partial charge >= 0.3 is 0 Å². The Morgan fingerprint density at radius 1 is 1.04 bits per heavy atom. The van der Waals surface area contributed by atoms with Crippen molar-refractivity contribution in [1.29, 1.82) is 0 Å². The van der Waals surface area contributed by atoms with Gasteiger partial charge in [-0.1, -0.05) is 0 Å². The van der Waals surface area contributed by atoms with Crippen LogP contribution in [0.15, 0.2) is 24.5 Å². The molecule has 0 saturated heterocycles. The first kappa shape index (κ1) is 18.3. The molecule has 0 aliphatic carbocycles. The summed E-state index contributed by atoms with van der Waals surface area (Å²) in [6, 6.07) is 6.14. The van der Waals surface area contributed by atoms with Crippen molar-refractivity contribution >= 4 is 11.6 Å². The molecule has 0 radical (unpaired) electrons. The molecule has 0 saturated carbocycles. The first-order chi connectivity index (χ1) is 12.7. The molecule has 26 heavy (non-hydrogen) atoms. The van der Waals surface area contributed by atoms with Crippen molar-refractivity contribution in [2.75, 3.05) is 51.2 Å². The topological polar surface area (TPSA) is 68.7 Å². The number of hydrogen-bond acceptors (Lipinski definition) is 7. The highest BCUT2D eigenvalue weighted by atomic mass is 16.5. The van der Waals surface area contributed by atoms with Crippen LogP contribution in [0.4, 0.5) is 11.6 Å². The zero-order chi connectivity index (χ0) is 18.4. The molecule has 0 fully saturated rings. The second-order valence-corrected chi connectivity index (χ2v) is 6.18. The maximum Gasteiger partial charge on any atom is 0.161 e. The average molecular weight is 358 g/mol. The fourth-order valence-corrected chi connectivity index (χ4v) is 3.13. The lowest BCUT2D eigenvalue weighted by molar-refractivity contribution is 0.198. The Balaban J connectivity index is 1.72. The molecule has 0 spiro atoms. The van der Waals surface area contributed by atoms with E-state index in [4.69, 9.17) is 14.2 Å². The fourth-order valence-electron chi connectivity index (χ4n) is 3.13. The van der Waals surface area contributed by atoms with E-state index in [-0.39, 0.29) is 0 Å². The molecule has 0 bridgehead atoms. The molecule has 1 N–H and O–H groups in total. The lowest BCUT2D eigenvalue weighted by Crippen LogP contribution is -2.31. The van der Waals surface area contributed by atoms with E-state index in [1.54, 1.807) is 27.7 Å². The molecule has 1 aromatic heterocycles. The van der Waals surface area contributed by atoms with Crippen molar-refractivity contribution in [2.24, 2.45) is 0 Å². The zero-order valence-electron chi connectivity index (χ0n) is 15.6. The Morgan fingerprint density at radius 3 is 2.54 bits per heavy atom. The van der Waals surface area contributed by atoms with Crippen LogP contribution in [0.3, 0.4) is 0 Å². The number of fused-ring (bicyclic) bond motifs is 1. The van der Waals surface area contributed by atoms with Gasteiger partial charge in [0, 0.05) is 39.4 Å². The molecule has 1 aliphatic rings. The summed E-state index contributed by atoms with van der Waals surface area (Å²) in [5, 5.41) is 3.32. The molecule has 7 nitrogen and oxygen atoms in total.